The fourth-order valence-corrected chi connectivity index (χ4v) is 3.12. The van der Waals surface area contributed by atoms with Crippen LogP contribution in [0.2, 0.25) is 0 Å². The zero-order valence-corrected chi connectivity index (χ0v) is 8.84. The molecule has 0 aliphatic carbocycles. The number of aliphatic hydroxyl groups is 1. The predicted octanol–water partition coefficient (Wildman–Crippen LogP) is 1.47. The summed E-state index contributed by atoms with van der Waals surface area (Å²) in [5.74, 6) is 1.03. The Morgan fingerprint density at radius 2 is 1.93 bits per heavy atom. The molecule has 1 unspecified atom stereocenters. The monoisotopic (exact) mass is 203 g/mol. The van der Waals surface area contributed by atoms with Crippen LogP contribution in [0.5, 0.6) is 0 Å². The first-order chi connectivity index (χ1) is 7.34. The zero-order valence-electron chi connectivity index (χ0n) is 8.84. The second-order valence-corrected chi connectivity index (χ2v) is 4.80. The maximum Gasteiger partial charge on any atom is 0.0702 e. The summed E-state index contributed by atoms with van der Waals surface area (Å²) in [5, 5.41) is 9.99. The topological polar surface area (TPSA) is 23.5 Å². The Labute approximate surface area is 90.5 Å². The van der Waals surface area contributed by atoms with Gasteiger partial charge in [-0.05, 0) is 24.4 Å². The maximum absolute atomic E-state index is 9.99. The molecule has 2 nitrogen and oxygen atoms in total. The molecule has 0 spiro atoms. The lowest BCUT2D eigenvalue weighted by atomic mass is 9.74. The molecule has 3 aliphatic heterocycles. The maximum atomic E-state index is 9.99. The van der Waals surface area contributed by atoms with Crippen molar-refractivity contribution in [3.8, 4) is 0 Å². The summed E-state index contributed by atoms with van der Waals surface area (Å²) in [6, 6.07) is 10.6. The highest BCUT2D eigenvalue weighted by Crippen LogP contribution is 2.38. The van der Waals surface area contributed by atoms with Crippen LogP contribution in [0.3, 0.4) is 0 Å². The molecule has 1 aromatic rings. The molecule has 15 heavy (non-hydrogen) atoms. The lowest BCUT2D eigenvalue weighted by molar-refractivity contribution is -0.0373. The Morgan fingerprint density at radius 1 is 1.13 bits per heavy atom. The molecule has 3 fully saturated rings. The van der Waals surface area contributed by atoms with Gasteiger partial charge in [0.1, 0.15) is 0 Å². The summed E-state index contributed by atoms with van der Waals surface area (Å²) >= 11 is 0. The van der Waals surface area contributed by atoms with Crippen LogP contribution >= 0.6 is 0 Å². The highest BCUT2D eigenvalue weighted by Gasteiger charge is 2.40. The number of hydrogen-bond acceptors (Lipinski definition) is 2. The lowest BCUT2D eigenvalue weighted by Gasteiger charge is -2.48. The quantitative estimate of drug-likeness (QED) is 0.747. The van der Waals surface area contributed by atoms with E-state index in [1.807, 2.05) is 0 Å². The van der Waals surface area contributed by atoms with E-state index >= 15 is 0 Å². The highest BCUT2D eigenvalue weighted by molar-refractivity contribution is 5.23. The number of rotatable bonds is 1. The van der Waals surface area contributed by atoms with E-state index in [0.717, 1.165) is 19.5 Å². The van der Waals surface area contributed by atoms with Gasteiger partial charge in [-0.25, -0.2) is 0 Å². The number of fused-ring (bicyclic) bond motifs is 3. The summed E-state index contributed by atoms with van der Waals surface area (Å²) < 4.78 is 0. The first-order valence-corrected chi connectivity index (χ1v) is 5.80. The molecule has 3 heterocycles. The lowest BCUT2D eigenvalue weighted by Crippen LogP contribution is -2.54. The normalized spacial score (nSPS) is 39.3. The highest BCUT2D eigenvalue weighted by atomic mass is 16.3. The minimum Gasteiger partial charge on any atom is -0.391 e. The Kier molecular flexibility index (Phi) is 2.26. The van der Waals surface area contributed by atoms with Gasteiger partial charge in [0.2, 0.25) is 0 Å². The third-order valence-corrected chi connectivity index (χ3v) is 3.92. The van der Waals surface area contributed by atoms with Crippen molar-refractivity contribution < 1.29 is 5.11 Å². The SMILES string of the molecule is O[C@H]1CN2CC[C@@H]1[C@@H](c1ccccc1)C2. The van der Waals surface area contributed by atoms with Crippen molar-refractivity contribution in [3.63, 3.8) is 0 Å². The fourth-order valence-electron chi connectivity index (χ4n) is 3.12. The van der Waals surface area contributed by atoms with E-state index in [-0.39, 0.29) is 6.10 Å². The van der Waals surface area contributed by atoms with E-state index < -0.39 is 0 Å². The molecule has 4 atom stereocenters. The minimum atomic E-state index is -0.113. The third-order valence-electron chi connectivity index (χ3n) is 3.92. The molecule has 3 saturated heterocycles. The smallest absolute Gasteiger partial charge is 0.0702 e. The standard InChI is InChI=1S/C13H17NO/c15-13-9-14-7-6-11(13)12(8-14)10-4-2-1-3-5-10/h1-5,11-13,15H,6-9H2/t11-,12-,13+/m1/s1. The van der Waals surface area contributed by atoms with E-state index in [4.69, 9.17) is 0 Å². The number of benzene rings is 1. The van der Waals surface area contributed by atoms with Gasteiger partial charge in [-0.3, -0.25) is 0 Å². The van der Waals surface area contributed by atoms with Gasteiger partial charge in [0.05, 0.1) is 6.10 Å². The molecule has 0 aromatic heterocycles. The average molecular weight is 203 g/mol. The Balaban J connectivity index is 1.88. The second kappa shape index (κ2) is 3.62. The van der Waals surface area contributed by atoms with Crippen molar-refractivity contribution in [3.05, 3.63) is 35.9 Å². The van der Waals surface area contributed by atoms with Crippen LogP contribution in [0.15, 0.2) is 30.3 Å². The van der Waals surface area contributed by atoms with Gasteiger partial charge in [0.15, 0.2) is 0 Å². The first kappa shape index (κ1) is 9.37. The third kappa shape index (κ3) is 1.58. The number of nitrogens with zero attached hydrogens (tertiary/aromatic N) is 1. The number of aliphatic hydroxyl groups excluding tert-OH is 1. The van der Waals surface area contributed by atoms with Gasteiger partial charge >= 0.3 is 0 Å². The van der Waals surface area contributed by atoms with Crippen molar-refractivity contribution in [2.75, 3.05) is 19.6 Å². The van der Waals surface area contributed by atoms with E-state index in [2.05, 4.69) is 35.2 Å². The summed E-state index contributed by atoms with van der Waals surface area (Å²) in [5.41, 5.74) is 1.39. The van der Waals surface area contributed by atoms with Crippen molar-refractivity contribution >= 4 is 0 Å². The molecule has 0 amide bonds. The molecule has 80 valence electrons. The molecule has 1 aromatic carbocycles. The Bertz CT molecular complexity index is 338. The summed E-state index contributed by atoms with van der Waals surface area (Å²) in [7, 11) is 0. The van der Waals surface area contributed by atoms with Crippen LogP contribution in [0.4, 0.5) is 0 Å². The van der Waals surface area contributed by atoms with Gasteiger partial charge < -0.3 is 10.0 Å². The van der Waals surface area contributed by atoms with E-state index in [0.29, 0.717) is 11.8 Å². The van der Waals surface area contributed by atoms with Crippen LogP contribution in [0.25, 0.3) is 0 Å². The predicted molar refractivity (Wildman–Crippen MR) is 59.7 cm³/mol. The zero-order chi connectivity index (χ0) is 10.3. The van der Waals surface area contributed by atoms with Gasteiger partial charge in [-0.2, -0.15) is 0 Å². The van der Waals surface area contributed by atoms with Crippen molar-refractivity contribution in [2.24, 2.45) is 5.92 Å². The van der Waals surface area contributed by atoms with Crippen LogP contribution < -0.4 is 0 Å². The number of hydrogen-bond donors (Lipinski definition) is 1. The molecule has 3 aliphatic rings. The minimum absolute atomic E-state index is 0.113. The van der Waals surface area contributed by atoms with Crippen LogP contribution in [-0.2, 0) is 0 Å². The van der Waals surface area contributed by atoms with Crippen LogP contribution in [-0.4, -0.2) is 35.7 Å². The van der Waals surface area contributed by atoms with Crippen molar-refractivity contribution in [1.29, 1.82) is 0 Å². The number of piperidine rings is 3. The first-order valence-electron chi connectivity index (χ1n) is 5.80. The molecule has 2 heteroatoms. The summed E-state index contributed by atoms with van der Waals surface area (Å²) in [6.07, 6.45) is 1.04. The van der Waals surface area contributed by atoms with Gasteiger partial charge in [-0.1, -0.05) is 30.3 Å². The molecular weight excluding hydrogens is 186 g/mol. The molecule has 4 rings (SSSR count). The van der Waals surface area contributed by atoms with Crippen molar-refractivity contribution in [2.45, 2.75) is 18.4 Å². The average Bonchev–Trinajstić information content (AvgIpc) is 2.30. The summed E-state index contributed by atoms with van der Waals surface area (Å²) in [4.78, 5) is 2.39. The van der Waals surface area contributed by atoms with Gasteiger partial charge in [0.25, 0.3) is 0 Å². The van der Waals surface area contributed by atoms with E-state index in [1.165, 1.54) is 12.1 Å². The molecule has 1 N–H and O–H groups in total. The van der Waals surface area contributed by atoms with Gasteiger partial charge in [0, 0.05) is 19.0 Å². The van der Waals surface area contributed by atoms with Crippen molar-refractivity contribution in [1.82, 2.24) is 4.90 Å². The molecule has 2 bridgehead atoms. The fraction of sp³-hybridized carbons (Fsp3) is 0.538. The van der Waals surface area contributed by atoms with E-state index in [9.17, 15) is 5.11 Å². The van der Waals surface area contributed by atoms with Crippen LogP contribution in [0, 0.1) is 5.92 Å². The molecule has 0 radical (unpaired) electrons. The van der Waals surface area contributed by atoms with Crippen LogP contribution in [0.1, 0.15) is 17.9 Å². The summed E-state index contributed by atoms with van der Waals surface area (Å²) in [6.45, 7) is 3.19. The van der Waals surface area contributed by atoms with Gasteiger partial charge in [-0.15, -0.1) is 0 Å². The largest absolute Gasteiger partial charge is 0.391 e. The second-order valence-electron chi connectivity index (χ2n) is 4.80. The Hall–Kier alpha value is -0.860. The van der Waals surface area contributed by atoms with E-state index in [1.54, 1.807) is 0 Å². The Morgan fingerprint density at radius 3 is 2.60 bits per heavy atom. The molecular formula is C13H17NO. The molecule has 0 saturated carbocycles.